The highest BCUT2D eigenvalue weighted by molar-refractivity contribution is 7.89. The third-order valence-corrected chi connectivity index (χ3v) is 5.55. The molecule has 0 bridgehead atoms. The fourth-order valence-electron chi connectivity index (χ4n) is 2.32. The van der Waals surface area contributed by atoms with Crippen molar-refractivity contribution in [3.63, 3.8) is 0 Å². The molecule has 0 N–H and O–H groups in total. The summed E-state index contributed by atoms with van der Waals surface area (Å²) in [5, 5.41) is 0. The summed E-state index contributed by atoms with van der Waals surface area (Å²) in [6.45, 7) is 5.92. The van der Waals surface area contributed by atoms with Crippen molar-refractivity contribution in [2.24, 2.45) is 0 Å². The van der Waals surface area contributed by atoms with E-state index in [2.05, 4.69) is 11.3 Å². The second-order valence-corrected chi connectivity index (χ2v) is 7.53. The van der Waals surface area contributed by atoms with Gasteiger partial charge in [0.15, 0.2) is 0 Å². The van der Waals surface area contributed by atoms with Crippen molar-refractivity contribution in [1.29, 1.82) is 0 Å². The zero-order valence-corrected chi connectivity index (χ0v) is 15.1. The van der Waals surface area contributed by atoms with Crippen molar-refractivity contribution in [1.82, 2.24) is 4.31 Å². The van der Waals surface area contributed by atoms with Crippen LogP contribution >= 0.6 is 0 Å². The van der Waals surface area contributed by atoms with Gasteiger partial charge in [0.25, 0.3) is 0 Å². The van der Waals surface area contributed by atoms with Gasteiger partial charge in [-0.15, -0.1) is 6.58 Å². The molecular formula is C19H21NO4S. The Kier molecular flexibility index (Phi) is 6.12. The minimum atomic E-state index is -3.64. The van der Waals surface area contributed by atoms with Gasteiger partial charge in [-0.05, 0) is 36.8 Å². The second-order valence-electron chi connectivity index (χ2n) is 5.59. The Morgan fingerprint density at radius 2 is 1.72 bits per heavy atom. The minimum absolute atomic E-state index is 0.184. The average Bonchev–Trinajstić information content (AvgIpc) is 2.61. The summed E-state index contributed by atoms with van der Waals surface area (Å²) >= 11 is 0. The minimum Gasteiger partial charge on any atom is -0.465 e. The summed E-state index contributed by atoms with van der Waals surface area (Å²) in [7, 11) is -2.32. The highest BCUT2D eigenvalue weighted by atomic mass is 32.2. The fourth-order valence-corrected chi connectivity index (χ4v) is 3.72. The molecule has 0 aliphatic rings. The molecule has 0 fully saturated rings. The van der Waals surface area contributed by atoms with Crippen molar-refractivity contribution in [3.8, 4) is 0 Å². The number of hydrogen-bond donors (Lipinski definition) is 0. The lowest BCUT2D eigenvalue weighted by molar-refractivity contribution is 0.0600. The van der Waals surface area contributed by atoms with E-state index in [0.29, 0.717) is 5.56 Å². The lowest BCUT2D eigenvalue weighted by Gasteiger charge is -2.21. The molecule has 0 atom stereocenters. The molecule has 0 unspecified atom stereocenters. The highest BCUT2D eigenvalue weighted by Gasteiger charge is 2.23. The van der Waals surface area contributed by atoms with Gasteiger partial charge >= 0.3 is 5.97 Å². The van der Waals surface area contributed by atoms with Gasteiger partial charge in [0.1, 0.15) is 0 Å². The molecule has 0 aromatic heterocycles. The van der Waals surface area contributed by atoms with Crippen LogP contribution in [-0.2, 0) is 21.3 Å². The Labute approximate surface area is 148 Å². The standard InChI is InChI=1S/C19H21NO4S/c1-4-13-20(25(22,23)18-11-5-15(2)6-12-18)14-16-7-9-17(10-8-16)19(21)24-3/h4-12H,1,13-14H2,2-3H3. The maximum Gasteiger partial charge on any atom is 0.337 e. The van der Waals surface area contributed by atoms with E-state index in [-0.39, 0.29) is 18.0 Å². The molecule has 0 aliphatic carbocycles. The number of carbonyl (C=O) groups is 1. The van der Waals surface area contributed by atoms with Crippen LogP contribution in [0, 0.1) is 6.92 Å². The molecule has 0 heterocycles. The molecular weight excluding hydrogens is 338 g/mol. The monoisotopic (exact) mass is 359 g/mol. The molecule has 132 valence electrons. The van der Waals surface area contributed by atoms with E-state index < -0.39 is 16.0 Å². The first-order chi connectivity index (χ1) is 11.9. The number of ether oxygens (including phenoxy) is 1. The van der Waals surface area contributed by atoms with Crippen LogP contribution in [0.25, 0.3) is 0 Å². The summed E-state index contributed by atoms with van der Waals surface area (Å²) in [6, 6.07) is 13.4. The zero-order chi connectivity index (χ0) is 18.4. The van der Waals surface area contributed by atoms with Gasteiger partial charge in [-0.2, -0.15) is 4.31 Å². The van der Waals surface area contributed by atoms with E-state index in [9.17, 15) is 13.2 Å². The first-order valence-electron chi connectivity index (χ1n) is 7.73. The summed E-state index contributed by atoms with van der Waals surface area (Å²) in [4.78, 5) is 11.7. The van der Waals surface area contributed by atoms with Crippen LogP contribution in [0.2, 0.25) is 0 Å². The van der Waals surface area contributed by atoms with Gasteiger partial charge in [0.05, 0.1) is 17.6 Å². The third kappa shape index (κ3) is 4.55. The number of carbonyl (C=O) groups excluding carboxylic acids is 1. The zero-order valence-electron chi connectivity index (χ0n) is 14.3. The van der Waals surface area contributed by atoms with Crippen LogP contribution < -0.4 is 0 Å². The van der Waals surface area contributed by atoms with Gasteiger partial charge in [-0.1, -0.05) is 35.9 Å². The van der Waals surface area contributed by atoms with Crippen molar-refractivity contribution in [2.45, 2.75) is 18.4 Å². The Hall–Kier alpha value is -2.44. The van der Waals surface area contributed by atoms with Crippen molar-refractivity contribution in [2.75, 3.05) is 13.7 Å². The number of sulfonamides is 1. The number of esters is 1. The number of nitrogens with zero attached hydrogens (tertiary/aromatic N) is 1. The lowest BCUT2D eigenvalue weighted by atomic mass is 10.1. The molecule has 5 nitrogen and oxygen atoms in total. The number of methoxy groups -OCH3 is 1. The predicted molar refractivity (Wildman–Crippen MR) is 96.8 cm³/mol. The van der Waals surface area contributed by atoms with Crippen LogP contribution in [0.5, 0.6) is 0 Å². The Bertz CT molecular complexity index is 840. The summed E-state index contributed by atoms with van der Waals surface area (Å²) in [5.74, 6) is -0.429. The number of aryl methyl sites for hydroxylation is 1. The molecule has 2 rings (SSSR count). The molecule has 2 aromatic rings. The van der Waals surface area contributed by atoms with Gasteiger partial charge < -0.3 is 4.74 Å². The normalized spacial score (nSPS) is 11.3. The van der Waals surface area contributed by atoms with Crippen LogP contribution in [0.4, 0.5) is 0 Å². The highest BCUT2D eigenvalue weighted by Crippen LogP contribution is 2.19. The second kappa shape index (κ2) is 8.09. The molecule has 2 aromatic carbocycles. The Morgan fingerprint density at radius 1 is 1.12 bits per heavy atom. The van der Waals surface area contributed by atoms with Crippen LogP contribution in [0.3, 0.4) is 0 Å². The summed E-state index contributed by atoms with van der Waals surface area (Å²) in [5.41, 5.74) is 2.18. The number of rotatable bonds is 7. The van der Waals surface area contributed by atoms with Crippen molar-refractivity contribution >= 4 is 16.0 Å². The van der Waals surface area contributed by atoms with Gasteiger partial charge in [0, 0.05) is 13.1 Å². The largest absolute Gasteiger partial charge is 0.465 e. The average molecular weight is 359 g/mol. The van der Waals surface area contributed by atoms with Crippen LogP contribution in [0.1, 0.15) is 21.5 Å². The molecule has 0 aliphatic heterocycles. The Morgan fingerprint density at radius 3 is 2.24 bits per heavy atom. The fraction of sp³-hybridized carbons (Fsp3) is 0.211. The van der Waals surface area contributed by atoms with E-state index in [1.54, 1.807) is 54.6 Å². The maximum atomic E-state index is 12.9. The van der Waals surface area contributed by atoms with E-state index in [1.807, 2.05) is 6.92 Å². The van der Waals surface area contributed by atoms with E-state index in [4.69, 9.17) is 0 Å². The summed E-state index contributed by atoms with van der Waals surface area (Å²) in [6.07, 6.45) is 1.55. The quantitative estimate of drug-likeness (QED) is 0.563. The molecule has 6 heteroatoms. The van der Waals surface area contributed by atoms with Crippen LogP contribution in [-0.4, -0.2) is 32.3 Å². The van der Waals surface area contributed by atoms with E-state index in [1.165, 1.54) is 11.4 Å². The maximum absolute atomic E-state index is 12.9. The van der Waals surface area contributed by atoms with Gasteiger partial charge in [-0.25, -0.2) is 13.2 Å². The topological polar surface area (TPSA) is 63.7 Å². The molecule has 25 heavy (non-hydrogen) atoms. The molecule has 0 amide bonds. The Balaban J connectivity index is 2.27. The van der Waals surface area contributed by atoms with Crippen molar-refractivity contribution < 1.29 is 17.9 Å². The van der Waals surface area contributed by atoms with E-state index >= 15 is 0 Å². The third-order valence-electron chi connectivity index (χ3n) is 3.73. The number of benzene rings is 2. The van der Waals surface area contributed by atoms with Gasteiger partial charge in [-0.3, -0.25) is 0 Å². The molecule has 0 spiro atoms. The molecule has 0 saturated heterocycles. The summed E-state index contributed by atoms with van der Waals surface area (Å²) < 4.78 is 31.7. The lowest BCUT2D eigenvalue weighted by Crippen LogP contribution is -2.30. The van der Waals surface area contributed by atoms with Gasteiger partial charge in [0.2, 0.25) is 10.0 Å². The van der Waals surface area contributed by atoms with Crippen LogP contribution in [0.15, 0.2) is 66.1 Å². The van der Waals surface area contributed by atoms with E-state index in [0.717, 1.165) is 11.1 Å². The predicted octanol–water partition coefficient (Wildman–Crippen LogP) is 3.16. The first-order valence-corrected chi connectivity index (χ1v) is 9.17. The first kappa shape index (κ1) is 18.9. The molecule has 0 radical (unpaired) electrons. The number of hydrogen-bond acceptors (Lipinski definition) is 4. The smallest absolute Gasteiger partial charge is 0.337 e. The molecule has 0 saturated carbocycles. The SMILES string of the molecule is C=CCN(Cc1ccc(C(=O)OC)cc1)S(=O)(=O)c1ccc(C)cc1. The van der Waals surface area contributed by atoms with Crippen molar-refractivity contribution in [3.05, 3.63) is 77.9 Å².